The first kappa shape index (κ1) is 12.1. The van der Waals surface area contributed by atoms with Crippen LogP contribution in [-0.4, -0.2) is 12.5 Å². The number of carbonyl (C=O) groups excluding carboxylic acids is 1. The molecule has 3 nitrogen and oxygen atoms in total. The molecular formula is C15H12ClNO2. The maximum atomic E-state index is 12.0. The molecule has 0 unspecified atom stereocenters. The monoisotopic (exact) mass is 273 g/mol. The molecule has 0 spiro atoms. The van der Waals surface area contributed by atoms with Gasteiger partial charge in [0.2, 0.25) is 0 Å². The van der Waals surface area contributed by atoms with Crippen LogP contribution in [0, 0.1) is 0 Å². The summed E-state index contributed by atoms with van der Waals surface area (Å²) in [5.41, 5.74) is 1.85. The fraction of sp³-hybridized carbons (Fsp3) is 0.133. The summed E-state index contributed by atoms with van der Waals surface area (Å²) in [5, 5.41) is 0.604. The van der Waals surface area contributed by atoms with Crippen molar-refractivity contribution >= 4 is 23.2 Å². The van der Waals surface area contributed by atoms with E-state index in [0.717, 1.165) is 11.3 Å². The lowest BCUT2D eigenvalue weighted by Crippen LogP contribution is -2.38. The molecule has 3 rings (SSSR count). The average Bonchev–Trinajstić information content (AvgIpc) is 2.43. The summed E-state index contributed by atoms with van der Waals surface area (Å²) in [6, 6.07) is 15.2. The Bertz CT molecular complexity index is 613. The van der Waals surface area contributed by atoms with Gasteiger partial charge in [-0.1, -0.05) is 41.9 Å². The normalized spacial score (nSPS) is 13.9. The van der Waals surface area contributed by atoms with Crippen LogP contribution < -0.4 is 9.64 Å². The lowest BCUT2D eigenvalue weighted by Gasteiger charge is -2.29. The Labute approximate surface area is 116 Å². The number of amides is 1. The number of benzene rings is 2. The quantitative estimate of drug-likeness (QED) is 0.840. The summed E-state index contributed by atoms with van der Waals surface area (Å²) in [5.74, 6) is 0.613. The first-order valence-electron chi connectivity index (χ1n) is 6.01. The van der Waals surface area contributed by atoms with Crippen molar-refractivity contribution in [3.63, 3.8) is 0 Å². The van der Waals surface area contributed by atoms with Crippen molar-refractivity contribution in [1.29, 1.82) is 0 Å². The smallest absolute Gasteiger partial charge is 0.265 e. The van der Waals surface area contributed by atoms with Crippen LogP contribution in [0.5, 0.6) is 5.75 Å². The molecule has 0 aliphatic carbocycles. The number of rotatable bonds is 2. The molecule has 0 atom stereocenters. The van der Waals surface area contributed by atoms with Crippen molar-refractivity contribution in [3.8, 4) is 5.75 Å². The van der Waals surface area contributed by atoms with Gasteiger partial charge in [-0.05, 0) is 17.7 Å². The van der Waals surface area contributed by atoms with Crippen molar-refractivity contribution in [2.24, 2.45) is 0 Å². The number of anilines is 1. The Morgan fingerprint density at radius 2 is 1.95 bits per heavy atom. The van der Waals surface area contributed by atoms with Crippen molar-refractivity contribution < 1.29 is 9.53 Å². The van der Waals surface area contributed by atoms with Crippen LogP contribution >= 0.6 is 11.6 Å². The van der Waals surface area contributed by atoms with Crippen molar-refractivity contribution in [3.05, 3.63) is 59.1 Å². The third kappa shape index (κ3) is 2.42. The highest BCUT2D eigenvalue weighted by Crippen LogP contribution is 2.35. The van der Waals surface area contributed by atoms with Gasteiger partial charge >= 0.3 is 0 Å². The second-order valence-corrected chi connectivity index (χ2v) is 4.80. The molecule has 0 bridgehead atoms. The molecular weight excluding hydrogens is 262 g/mol. The molecule has 1 aliphatic heterocycles. The van der Waals surface area contributed by atoms with Crippen LogP contribution in [0.25, 0.3) is 0 Å². The summed E-state index contributed by atoms with van der Waals surface area (Å²) in [6.45, 7) is 0.595. The molecule has 0 N–H and O–H groups in total. The first-order chi connectivity index (χ1) is 9.24. The fourth-order valence-electron chi connectivity index (χ4n) is 2.12. The van der Waals surface area contributed by atoms with E-state index in [1.807, 2.05) is 36.4 Å². The molecule has 19 heavy (non-hydrogen) atoms. The molecule has 2 aromatic carbocycles. The number of hydrogen-bond donors (Lipinski definition) is 0. The minimum atomic E-state index is -0.0429. The van der Waals surface area contributed by atoms with E-state index in [-0.39, 0.29) is 12.5 Å². The van der Waals surface area contributed by atoms with Gasteiger partial charge in [-0.15, -0.1) is 0 Å². The van der Waals surface area contributed by atoms with Crippen LogP contribution in [0.3, 0.4) is 0 Å². The summed E-state index contributed by atoms with van der Waals surface area (Å²) >= 11 is 5.94. The predicted octanol–water partition coefficient (Wildman–Crippen LogP) is 3.27. The van der Waals surface area contributed by atoms with E-state index in [9.17, 15) is 4.79 Å². The Morgan fingerprint density at radius 1 is 1.16 bits per heavy atom. The molecule has 96 valence electrons. The Hall–Kier alpha value is -2.00. The minimum absolute atomic E-state index is 0.0429. The topological polar surface area (TPSA) is 29.5 Å². The first-order valence-corrected chi connectivity index (χ1v) is 6.38. The molecule has 0 aromatic heterocycles. The minimum Gasteiger partial charge on any atom is -0.482 e. The van der Waals surface area contributed by atoms with E-state index >= 15 is 0 Å². The van der Waals surface area contributed by atoms with Crippen LogP contribution in [-0.2, 0) is 11.3 Å². The molecule has 1 aliphatic rings. The van der Waals surface area contributed by atoms with E-state index < -0.39 is 0 Å². The van der Waals surface area contributed by atoms with Crippen LogP contribution in [0.15, 0.2) is 48.5 Å². The zero-order valence-electron chi connectivity index (χ0n) is 10.2. The molecule has 1 amide bonds. The zero-order valence-corrected chi connectivity index (χ0v) is 10.9. The van der Waals surface area contributed by atoms with Gasteiger partial charge in [-0.25, -0.2) is 0 Å². The third-order valence-corrected chi connectivity index (χ3v) is 3.28. The van der Waals surface area contributed by atoms with E-state index in [1.165, 1.54) is 0 Å². The van der Waals surface area contributed by atoms with E-state index in [4.69, 9.17) is 16.3 Å². The van der Waals surface area contributed by atoms with Crippen LogP contribution in [0.1, 0.15) is 5.56 Å². The predicted molar refractivity (Wildman–Crippen MR) is 74.6 cm³/mol. The largest absolute Gasteiger partial charge is 0.482 e. The molecule has 0 radical (unpaired) electrons. The van der Waals surface area contributed by atoms with Gasteiger partial charge in [0.25, 0.3) is 5.91 Å². The van der Waals surface area contributed by atoms with Crippen molar-refractivity contribution in [2.45, 2.75) is 6.54 Å². The highest BCUT2D eigenvalue weighted by molar-refractivity contribution is 6.30. The molecule has 0 saturated heterocycles. The van der Waals surface area contributed by atoms with Gasteiger partial charge in [-0.3, -0.25) is 4.79 Å². The number of nitrogens with zero attached hydrogens (tertiary/aromatic N) is 1. The average molecular weight is 274 g/mol. The number of fused-ring (bicyclic) bond motifs is 1. The summed E-state index contributed by atoms with van der Waals surface area (Å²) < 4.78 is 5.41. The van der Waals surface area contributed by atoms with Crippen LogP contribution in [0.2, 0.25) is 5.02 Å². The second-order valence-electron chi connectivity index (χ2n) is 4.37. The van der Waals surface area contributed by atoms with Crippen molar-refractivity contribution in [2.75, 3.05) is 11.5 Å². The summed E-state index contributed by atoms with van der Waals surface area (Å²) in [4.78, 5) is 13.7. The maximum Gasteiger partial charge on any atom is 0.265 e. The number of hydrogen-bond acceptors (Lipinski definition) is 2. The molecule has 4 heteroatoms. The Kier molecular flexibility index (Phi) is 3.13. The van der Waals surface area contributed by atoms with Gasteiger partial charge in [0.1, 0.15) is 5.75 Å². The van der Waals surface area contributed by atoms with E-state index in [0.29, 0.717) is 17.3 Å². The molecule has 0 fully saturated rings. The van der Waals surface area contributed by atoms with E-state index in [2.05, 4.69) is 0 Å². The number of carbonyl (C=O) groups is 1. The molecule has 1 heterocycles. The second kappa shape index (κ2) is 4.94. The lowest BCUT2D eigenvalue weighted by atomic mass is 10.1. The number of ether oxygens (including phenoxy) is 1. The highest BCUT2D eigenvalue weighted by Gasteiger charge is 2.25. The number of halogens is 1. The SMILES string of the molecule is O=C1COc2cc(Cl)ccc2N1Cc1ccccc1. The van der Waals surface area contributed by atoms with Gasteiger partial charge < -0.3 is 9.64 Å². The standard InChI is InChI=1S/C15H12ClNO2/c16-12-6-7-13-14(8-12)19-10-15(18)17(13)9-11-4-2-1-3-5-11/h1-8H,9-10H2. The lowest BCUT2D eigenvalue weighted by molar-refractivity contribution is -0.121. The van der Waals surface area contributed by atoms with Crippen molar-refractivity contribution in [1.82, 2.24) is 0 Å². The van der Waals surface area contributed by atoms with Crippen LogP contribution in [0.4, 0.5) is 5.69 Å². The zero-order chi connectivity index (χ0) is 13.2. The van der Waals surface area contributed by atoms with Gasteiger partial charge in [0.05, 0.1) is 12.2 Å². The molecule has 2 aromatic rings. The fourth-order valence-corrected chi connectivity index (χ4v) is 2.28. The van der Waals surface area contributed by atoms with Gasteiger partial charge in [0, 0.05) is 11.1 Å². The maximum absolute atomic E-state index is 12.0. The highest BCUT2D eigenvalue weighted by atomic mass is 35.5. The Balaban J connectivity index is 1.95. The summed E-state index contributed by atoms with van der Waals surface area (Å²) in [7, 11) is 0. The third-order valence-electron chi connectivity index (χ3n) is 3.05. The molecule has 0 saturated carbocycles. The van der Waals surface area contributed by atoms with Gasteiger partial charge in [0.15, 0.2) is 6.61 Å². The Morgan fingerprint density at radius 3 is 2.74 bits per heavy atom. The summed E-state index contributed by atoms with van der Waals surface area (Å²) in [6.07, 6.45) is 0. The van der Waals surface area contributed by atoms with E-state index in [1.54, 1.807) is 17.0 Å². The van der Waals surface area contributed by atoms with Gasteiger partial charge in [-0.2, -0.15) is 0 Å².